The molecule has 1 amide bonds. The molecule has 0 aromatic carbocycles. The Morgan fingerprint density at radius 3 is 2.60 bits per heavy atom. The molecule has 162 valence electrons. The van der Waals surface area contributed by atoms with Crippen molar-refractivity contribution in [3.63, 3.8) is 0 Å². The van der Waals surface area contributed by atoms with Gasteiger partial charge in [-0.15, -0.1) is 0 Å². The second-order valence-electron chi connectivity index (χ2n) is 6.85. The molecule has 13 heteroatoms. The molecule has 0 aliphatic carbocycles. The molecule has 0 radical (unpaired) electrons. The lowest BCUT2D eigenvalue weighted by Gasteiger charge is -2.27. The number of hydrogen-bond donors (Lipinski definition) is 1. The van der Waals surface area contributed by atoms with Crippen LogP contribution >= 0.6 is 11.6 Å². The molecule has 2 aromatic rings. The fourth-order valence-electron chi connectivity index (χ4n) is 3.17. The third kappa shape index (κ3) is 4.19. The number of carbonyl (C=O) groups is 3. The zero-order valence-corrected chi connectivity index (χ0v) is 17.3. The summed E-state index contributed by atoms with van der Waals surface area (Å²) in [6.07, 6.45) is -2.57. The summed E-state index contributed by atoms with van der Waals surface area (Å²) in [4.78, 5) is 46.2. The van der Waals surface area contributed by atoms with Gasteiger partial charge in [0, 0.05) is 20.8 Å². The molecule has 3 heterocycles. The van der Waals surface area contributed by atoms with E-state index in [1.54, 1.807) is 0 Å². The molecule has 3 rings (SSSR count). The molecule has 1 aliphatic heterocycles. The van der Waals surface area contributed by atoms with Crippen LogP contribution < -0.4 is 5.32 Å². The van der Waals surface area contributed by atoms with E-state index in [2.05, 4.69) is 20.3 Å². The van der Waals surface area contributed by atoms with Crippen LogP contribution in [0.15, 0.2) is 6.33 Å². The van der Waals surface area contributed by atoms with E-state index in [-0.39, 0.29) is 28.9 Å². The third-order valence-corrected chi connectivity index (χ3v) is 4.61. The maximum atomic E-state index is 15.8. The fraction of sp³-hybridized carbons (Fsp3) is 0.529. The van der Waals surface area contributed by atoms with Gasteiger partial charge in [-0.3, -0.25) is 24.3 Å². The summed E-state index contributed by atoms with van der Waals surface area (Å²) in [7, 11) is 0. The van der Waals surface area contributed by atoms with Gasteiger partial charge in [-0.25, -0.2) is 9.37 Å². The molecule has 1 aliphatic rings. The van der Waals surface area contributed by atoms with Crippen molar-refractivity contribution in [3.8, 4) is 0 Å². The average Bonchev–Trinajstić information content (AvgIpc) is 3.12. The summed E-state index contributed by atoms with van der Waals surface area (Å²) in [5, 5.41) is 2.33. The molecule has 4 atom stereocenters. The quantitative estimate of drug-likeness (QED) is 0.539. The van der Waals surface area contributed by atoms with E-state index in [1.165, 1.54) is 31.7 Å². The van der Waals surface area contributed by atoms with Crippen molar-refractivity contribution in [2.24, 2.45) is 0 Å². The van der Waals surface area contributed by atoms with Crippen LogP contribution in [0.2, 0.25) is 5.15 Å². The minimum Gasteiger partial charge on any atom is -0.463 e. The number of alkyl halides is 1. The van der Waals surface area contributed by atoms with Crippen molar-refractivity contribution in [1.29, 1.82) is 0 Å². The summed E-state index contributed by atoms with van der Waals surface area (Å²) >= 11 is 6.11. The Morgan fingerprint density at radius 2 is 2.00 bits per heavy atom. The van der Waals surface area contributed by atoms with Crippen LogP contribution in [0.1, 0.15) is 33.9 Å². The van der Waals surface area contributed by atoms with Crippen LogP contribution in [0.4, 0.5) is 10.3 Å². The second-order valence-corrected chi connectivity index (χ2v) is 7.21. The molecule has 1 N–H and O–H groups in total. The Morgan fingerprint density at radius 1 is 1.30 bits per heavy atom. The highest BCUT2D eigenvalue weighted by molar-refractivity contribution is 6.33. The molecule has 0 spiro atoms. The number of fused-ring (bicyclic) bond motifs is 1. The number of aromatic nitrogens is 4. The van der Waals surface area contributed by atoms with Gasteiger partial charge in [-0.2, -0.15) is 9.97 Å². The number of rotatable bonds is 5. The molecular weight excluding hydrogens is 425 g/mol. The zero-order valence-electron chi connectivity index (χ0n) is 16.5. The van der Waals surface area contributed by atoms with Gasteiger partial charge in [0.15, 0.2) is 28.8 Å². The Balaban J connectivity index is 2.03. The first-order chi connectivity index (χ1) is 14.0. The van der Waals surface area contributed by atoms with Gasteiger partial charge in [0.05, 0.1) is 6.33 Å². The summed E-state index contributed by atoms with van der Waals surface area (Å²) < 4.78 is 32.9. The maximum absolute atomic E-state index is 15.8. The van der Waals surface area contributed by atoms with Crippen LogP contribution in [0.5, 0.6) is 0 Å². The summed E-state index contributed by atoms with van der Waals surface area (Å²) in [6.45, 7) is 4.44. The van der Waals surface area contributed by atoms with Crippen molar-refractivity contribution in [2.45, 2.75) is 51.8 Å². The molecule has 30 heavy (non-hydrogen) atoms. The van der Waals surface area contributed by atoms with Gasteiger partial charge in [0.1, 0.15) is 18.2 Å². The van der Waals surface area contributed by atoms with Gasteiger partial charge in [-0.1, -0.05) is 11.6 Å². The monoisotopic (exact) mass is 443 g/mol. The van der Waals surface area contributed by atoms with Gasteiger partial charge < -0.3 is 14.2 Å². The highest BCUT2D eigenvalue weighted by atomic mass is 35.5. The van der Waals surface area contributed by atoms with Gasteiger partial charge >= 0.3 is 11.9 Å². The smallest absolute Gasteiger partial charge is 0.303 e. The first-order valence-corrected chi connectivity index (χ1v) is 9.21. The van der Waals surface area contributed by atoms with E-state index in [1.807, 2.05) is 0 Å². The number of halogens is 2. The first-order valence-electron chi connectivity index (χ1n) is 8.83. The van der Waals surface area contributed by atoms with Crippen molar-refractivity contribution >= 4 is 46.6 Å². The maximum Gasteiger partial charge on any atom is 0.303 e. The Hall–Kier alpha value is -2.86. The van der Waals surface area contributed by atoms with Crippen LogP contribution in [-0.4, -0.2) is 61.8 Å². The highest BCUT2D eigenvalue weighted by Crippen LogP contribution is 2.44. The predicted molar refractivity (Wildman–Crippen MR) is 100 cm³/mol. The number of anilines is 1. The number of ether oxygens (including phenoxy) is 3. The number of hydrogen-bond acceptors (Lipinski definition) is 9. The number of nitrogens with one attached hydrogen (secondary N) is 1. The van der Waals surface area contributed by atoms with Gasteiger partial charge in [-0.05, 0) is 6.92 Å². The molecule has 1 fully saturated rings. The SMILES string of the molecule is CC(=O)Nc1nc(Cl)c2ncn([C@@H]3O[C@H](COC(C)=O)[C@@H](OC(C)=O)[C@@]3(C)F)c2n1. The van der Waals surface area contributed by atoms with Crippen molar-refractivity contribution in [2.75, 3.05) is 11.9 Å². The lowest BCUT2D eigenvalue weighted by atomic mass is 9.98. The summed E-state index contributed by atoms with van der Waals surface area (Å²) in [5.74, 6) is -1.86. The van der Waals surface area contributed by atoms with E-state index in [9.17, 15) is 14.4 Å². The van der Waals surface area contributed by atoms with E-state index < -0.39 is 42.0 Å². The molecular formula is C17H19ClFN5O6. The average molecular weight is 444 g/mol. The predicted octanol–water partition coefficient (Wildman–Crippen LogP) is 1.56. The molecule has 11 nitrogen and oxygen atoms in total. The second kappa shape index (κ2) is 8.11. The lowest BCUT2D eigenvalue weighted by Crippen LogP contribution is -2.44. The van der Waals surface area contributed by atoms with Crippen LogP contribution in [0, 0.1) is 0 Å². The Bertz CT molecular complexity index is 1010. The first kappa shape index (κ1) is 21.8. The summed E-state index contributed by atoms with van der Waals surface area (Å²) in [6, 6.07) is 0. The molecule has 0 bridgehead atoms. The minimum absolute atomic E-state index is 0.0611. The van der Waals surface area contributed by atoms with E-state index in [0.29, 0.717) is 0 Å². The van der Waals surface area contributed by atoms with Crippen LogP contribution in [-0.2, 0) is 28.6 Å². The molecule has 1 saturated heterocycles. The van der Waals surface area contributed by atoms with E-state index >= 15 is 4.39 Å². The van der Waals surface area contributed by atoms with Gasteiger partial charge in [0.25, 0.3) is 0 Å². The van der Waals surface area contributed by atoms with Crippen molar-refractivity contribution < 1.29 is 33.0 Å². The van der Waals surface area contributed by atoms with Crippen molar-refractivity contribution in [3.05, 3.63) is 11.5 Å². The zero-order chi connectivity index (χ0) is 22.2. The largest absolute Gasteiger partial charge is 0.463 e. The number of nitrogens with zero attached hydrogens (tertiary/aromatic N) is 4. The topological polar surface area (TPSA) is 135 Å². The Kier molecular flexibility index (Phi) is 5.90. The minimum atomic E-state index is -2.25. The molecule has 0 unspecified atom stereocenters. The number of esters is 2. The van der Waals surface area contributed by atoms with E-state index in [4.69, 9.17) is 25.8 Å². The standard InChI is InChI=1S/C17H19ClFN5O6/c1-7(25)21-16-22-13(18)11-14(23-16)24(6-20-11)15-17(4,19)12(29-9(3)27)10(30-15)5-28-8(2)26/h6,10,12,15H,5H2,1-4H3,(H,21,22,23,25)/t10-,12-,15-,17-/m1/s1. The lowest BCUT2D eigenvalue weighted by molar-refractivity contribution is -0.158. The van der Waals surface area contributed by atoms with Crippen LogP contribution in [0.3, 0.4) is 0 Å². The Labute approximate surface area is 174 Å². The third-order valence-electron chi connectivity index (χ3n) is 4.34. The normalized spacial score (nSPS) is 25.9. The number of amides is 1. The van der Waals surface area contributed by atoms with Gasteiger partial charge in [0.2, 0.25) is 11.9 Å². The number of carbonyl (C=O) groups excluding carboxylic acids is 3. The highest BCUT2D eigenvalue weighted by Gasteiger charge is 2.58. The number of imidazole rings is 1. The fourth-order valence-corrected chi connectivity index (χ4v) is 3.39. The molecule has 0 saturated carbocycles. The molecule has 2 aromatic heterocycles. The summed E-state index contributed by atoms with van der Waals surface area (Å²) in [5.41, 5.74) is -2.02. The van der Waals surface area contributed by atoms with E-state index in [0.717, 1.165) is 6.92 Å². The van der Waals surface area contributed by atoms with Crippen LogP contribution in [0.25, 0.3) is 11.2 Å². The van der Waals surface area contributed by atoms with Crippen molar-refractivity contribution in [1.82, 2.24) is 19.5 Å².